The molecule has 2 fully saturated rings. The van der Waals surface area contributed by atoms with Crippen molar-refractivity contribution in [1.29, 1.82) is 0 Å². The molecule has 1 aromatic rings. The molecule has 1 saturated carbocycles. The summed E-state index contributed by atoms with van der Waals surface area (Å²) in [4.78, 5) is 18.9. The van der Waals surface area contributed by atoms with Gasteiger partial charge in [0.15, 0.2) is 11.6 Å². The van der Waals surface area contributed by atoms with E-state index in [1.807, 2.05) is 0 Å². The number of hydrogen-bond donors (Lipinski definition) is 1. The molecule has 1 N–H and O–H groups in total. The maximum Gasteiger partial charge on any atom is 0.273 e. The Bertz CT molecular complexity index is 534. The quantitative estimate of drug-likeness (QED) is 0.912. The Kier molecular flexibility index (Phi) is 4.26. The number of oxazole rings is 1. The predicted molar refractivity (Wildman–Crippen MR) is 84.9 cm³/mol. The lowest BCUT2D eigenvalue weighted by Crippen LogP contribution is -2.45. The summed E-state index contributed by atoms with van der Waals surface area (Å²) in [5, 5.41) is 3.15. The van der Waals surface area contributed by atoms with Crippen LogP contribution in [0.25, 0.3) is 0 Å². The van der Waals surface area contributed by atoms with Crippen molar-refractivity contribution in [2.24, 2.45) is 5.41 Å². The average Bonchev–Trinajstić information content (AvgIpc) is 2.84. The van der Waals surface area contributed by atoms with Crippen LogP contribution in [0.5, 0.6) is 0 Å². The lowest BCUT2D eigenvalue weighted by atomic mass is 9.67. The molecule has 2 heterocycles. The first-order valence-corrected chi connectivity index (χ1v) is 8.41. The van der Waals surface area contributed by atoms with Gasteiger partial charge >= 0.3 is 0 Å². The van der Waals surface area contributed by atoms with Crippen LogP contribution in [-0.2, 0) is 0 Å². The molecule has 2 aliphatic rings. The van der Waals surface area contributed by atoms with Crippen molar-refractivity contribution >= 4 is 5.91 Å². The molecule has 5 nitrogen and oxygen atoms in total. The minimum Gasteiger partial charge on any atom is -0.445 e. The van der Waals surface area contributed by atoms with Gasteiger partial charge in [-0.1, -0.05) is 0 Å². The normalized spacial score (nSPS) is 22.9. The number of nitrogens with one attached hydrogen (secondary N) is 1. The van der Waals surface area contributed by atoms with E-state index in [-0.39, 0.29) is 11.9 Å². The first-order valence-electron chi connectivity index (χ1n) is 8.41. The zero-order valence-electron chi connectivity index (χ0n) is 13.9. The number of piperidine rings is 1. The Morgan fingerprint density at radius 2 is 1.86 bits per heavy atom. The van der Waals surface area contributed by atoms with Crippen LogP contribution >= 0.6 is 0 Å². The fraction of sp³-hybridized carbons (Fsp3) is 0.765. The molecular weight excluding hydrogens is 278 g/mol. The van der Waals surface area contributed by atoms with Crippen LogP contribution in [0.4, 0.5) is 0 Å². The van der Waals surface area contributed by atoms with E-state index >= 15 is 0 Å². The van der Waals surface area contributed by atoms with Crippen LogP contribution in [0.2, 0.25) is 0 Å². The summed E-state index contributed by atoms with van der Waals surface area (Å²) in [7, 11) is 2.21. The SMILES string of the molecule is Cc1nc(C(=O)NC2CCC3(CC2)CCN(C)CC3)c(C)o1. The molecule has 0 unspecified atom stereocenters. The van der Waals surface area contributed by atoms with E-state index in [0.717, 1.165) is 12.8 Å². The summed E-state index contributed by atoms with van der Waals surface area (Å²) in [6, 6.07) is 0.286. The number of carbonyl (C=O) groups is 1. The van der Waals surface area contributed by atoms with E-state index in [4.69, 9.17) is 4.42 Å². The molecule has 5 heteroatoms. The van der Waals surface area contributed by atoms with Gasteiger partial charge in [0, 0.05) is 13.0 Å². The van der Waals surface area contributed by atoms with Gasteiger partial charge in [-0.25, -0.2) is 4.98 Å². The fourth-order valence-electron chi connectivity index (χ4n) is 3.96. The maximum absolute atomic E-state index is 12.3. The van der Waals surface area contributed by atoms with E-state index in [0.29, 0.717) is 22.8 Å². The molecule has 0 radical (unpaired) electrons. The van der Waals surface area contributed by atoms with Crippen molar-refractivity contribution in [3.8, 4) is 0 Å². The molecule has 0 aromatic carbocycles. The second kappa shape index (κ2) is 6.03. The Morgan fingerprint density at radius 3 is 2.41 bits per heavy atom. The molecule has 22 heavy (non-hydrogen) atoms. The molecule has 122 valence electrons. The van der Waals surface area contributed by atoms with Crippen LogP contribution in [0.1, 0.15) is 60.7 Å². The molecule has 1 aliphatic carbocycles. The Hall–Kier alpha value is -1.36. The smallest absolute Gasteiger partial charge is 0.273 e. The maximum atomic E-state index is 12.3. The van der Waals surface area contributed by atoms with E-state index in [9.17, 15) is 4.79 Å². The summed E-state index contributed by atoms with van der Waals surface area (Å²) >= 11 is 0. The highest BCUT2D eigenvalue weighted by atomic mass is 16.4. The van der Waals surface area contributed by atoms with Crippen molar-refractivity contribution in [3.05, 3.63) is 17.3 Å². The number of rotatable bonds is 2. The molecule has 1 aromatic heterocycles. The van der Waals surface area contributed by atoms with E-state index in [1.165, 1.54) is 38.8 Å². The van der Waals surface area contributed by atoms with Crippen molar-refractivity contribution in [2.45, 2.75) is 58.4 Å². The van der Waals surface area contributed by atoms with Crippen LogP contribution in [0, 0.1) is 19.3 Å². The molecule has 1 spiro atoms. The van der Waals surface area contributed by atoms with Gasteiger partial charge in [0.05, 0.1) is 0 Å². The monoisotopic (exact) mass is 305 g/mol. The third-order valence-corrected chi connectivity index (χ3v) is 5.55. The van der Waals surface area contributed by atoms with E-state index in [1.54, 1.807) is 13.8 Å². The summed E-state index contributed by atoms with van der Waals surface area (Å²) in [6.45, 7) is 6.00. The topological polar surface area (TPSA) is 58.4 Å². The average molecular weight is 305 g/mol. The Balaban J connectivity index is 1.54. The summed E-state index contributed by atoms with van der Waals surface area (Å²) in [6.07, 6.45) is 7.28. The van der Waals surface area contributed by atoms with Crippen molar-refractivity contribution in [3.63, 3.8) is 0 Å². The van der Waals surface area contributed by atoms with E-state index in [2.05, 4.69) is 22.2 Å². The summed E-state index contributed by atoms with van der Waals surface area (Å²) < 4.78 is 5.35. The number of carbonyl (C=O) groups excluding carboxylic acids is 1. The van der Waals surface area contributed by atoms with Gasteiger partial charge in [-0.2, -0.15) is 0 Å². The highest BCUT2D eigenvalue weighted by Crippen LogP contribution is 2.44. The molecule has 3 rings (SSSR count). The Labute approximate surface area is 132 Å². The highest BCUT2D eigenvalue weighted by Gasteiger charge is 2.37. The number of amides is 1. The minimum atomic E-state index is -0.0846. The highest BCUT2D eigenvalue weighted by molar-refractivity contribution is 5.93. The molecule has 0 atom stereocenters. The summed E-state index contributed by atoms with van der Waals surface area (Å²) in [5.74, 6) is 1.08. The molecule has 1 amide bonds. The summed E-state index contributed by atoms with van der Waals surface area (Å²) in [5.41, 5.74) is 0.978. The van der Waals surface area contributed by atoms with Gasteiger partial charge in [-0.05, 0) is 71.0 Å². The second-order valence-electron chi connectivity index (χ2n) is 7.19. The first kappa shape index (κ1) is 15.5. The number of aromatic nitrogens is 1. The van der Waals surface area contributed by atoms with Gasteiger partial charge in [0.25, 0.3) is 5.91 Å². The fourth-order valence-corrected chi connectivity index (χ4v) is 3.96. The van der Waals surface area contributed by atoms with Crippen LogP contribution in [-0.4, -0.2) is 42.0 Å². The van der Waals surface area contributed by atoms with Crippen LogP contribution in [0.3, 0.4) is 0 Å². The number of aryl methyl sites for hydroxylation is 2. The second-order valence-corrected chi connectivity index (χ2v) is 7.19. The third-order valence-electron chi connectivity index (χ3n) is 5.55. The van der Waals surface area contributed by atoms with Crippen molar-refractivity contribution < 1.29 is 9.21 Å². The lowest BCUT2D eigenvalue weighted by molar-refractivity contribution is 0.0653. The van der Waals surface area contributed by atoms with Crippen molar-refractivity contribution in [1.82, 2.24) is 15.2 Å². The van der Waals surface area contributed by atoms with Gasteiger partial charge in [-0.15, -0.1) is 0 Å². The van der Waals surface area contributed by atoms with Gasteiger partial charge in [-0.3, -0.25) is 4.79 Å². The largest absolute Gasteiger partial charge is 0.445 e. The lowest BCUT2D eigenvalue weighted by Gasteiger charge is -2.45. The van der Waals surface area contributed by atoms with Gasteiger partial charge in [0.1, 0.15) is 5.76 Å². The number of hydrogen-bond acceptors (Lipinski definition) is 4. The van der Waals surface area contributed by atoms with Crippen LogP contribution < -0.4 is 5.32 Å². The zero-order valence-corrected chi connectivity index (χ0v) is 13.9. The van der Waals surface area contributed by atoms with Gasteiger partial charge < -0.3 is 14.6 Å². The molecular formula is C17H27N3O2. The molecule has 1 aliphatic heterocycles. The zero-order chi connectivity index (χ0) is 15.7. The number of nitrogens with zero attached hydrogens (tertiary/aromatic N) is 2. The Morgan fingerprint density at radius 1 is 1.23 bits per heavy atom. The van der Waals surface area contributed by atoms with E-state index < -0.39 is 0 Å². The molecule has 1 saturated heterocycles. The first-order chi connectivity index (χ1) is 10.5. The predicted octanol–water partition coefficient (Wildman–Crippen LogP) is 2.68. The standard InChI is InChI=1S/C17H27N3O2/c1-12-15(18-13(2)22-12)16(21)19-14-4-6-17(7-5-14)8-10-20(3)11-9-17/h14H,4-11H2,1-3H3,(H,19,21). The third kappa shape index (κ3) is 3.19. The minimum absolute atomic E-state index is 0.0846. The van der Waals surface area contributed by atoms with Crippen molar-refractivity contribution in [2.75, 3.05) is 20.1 Å². The molecule has 0 bridgehead atoms. The van der Waals surface area contributed by atoms with Crippen LogP contribution in [0.15, 0.2) is 4.42 Å². The number of likely N-dealkylation sites (tertiary alicyclic amines) is 1. The van der Waals surface area contributed by atoms with Gasteiger partial charge in [0.2, 0.25) is 0 Å².